The Labute approximate surface area is 162 Å². The molecule has 1 fully saturated rings. The van der Waals surface area contributed by atoms with Crippen LogP contribution < -0.4 is 5.32 Å². The van der Waals surface area contributed by atoms with Crippen molar-refractivity contribution >= 4 is 12.1 Å². The zero-order chi connectivity index (χ0) is 22.6. The molecule has 3 unspecified atom stereocenters. The van der Waals surface area contributed by atoms with Crippen LogP contribution in [0.15, 0.2) is 0 Å². The van der Waals surface area contributed by atoms with Gasteiger partial charge < -0.3 is 19.7 Å². The number of nitrogens with one attached hydrogen (secondary N) is 1. The van der Waals surface area contributed by atoms with E-state index in [-0.39, 0.29) is 25.9 Å². The number of halogens is 7. The lowest BCUT2D eigenvalue weighted by Crippen LogP contribution is -2.62. The second kappa shape index (κ2) is 9.35. The van der Waals surface area contributed by atoms with Gasteiger partial charge >= 0.3 is 24.4 Å². The molecule has 0 aromatic carbocycles. The monoisotopic (exact) mass is 440 g/mol. The number of carbonyl (C=O) groups excluding carboxylic acids is 2. The Balaban J connectivity index is 3.05. The summed E-state index contributed by atoms with van der Waals surface area (Å²) in [6, 6.07) is 0. The summed E-state index contributed by atoms with van der Waals surface area (Å²) in [6.45, 7) is 2.78. The fraction of sp³-hybridized carbons (Fsp3) is 0.875. The standard InChI is InChI=1S/C16H23F7N2O4/c1-4-5-10(17)28-13(27)25(3)14(2)6-7-24-8-9(14)11(26)29-12(15(18,19)20)16(21,22)23/h9-10,12,24H,4-8H2,1-3H3. The molecule has 1 aliphatic rings. The molecule has 1 aliphatic heterocycles. The predicted octanol–water partition coefficient (Wildman–Crippen LogP) is 3.56. The maximum Gasteiger partial charge on any atom is 0.434 e. The van der Waals surface area contributed by atoms with Gasteiger partial charge in [0.15, 0.2) is 0 Å². The highest BCUT2D eigenvalue weighted by Crippen LogP contribution is 2.38. The van der Waals surface area contributed by atoms with Crippen LogP contribution in [0.5, 0.6) is 0 Å². The van der Waals surface area contributed by atoms with Crippen molar-refractivity contribution in [2.24, 2.45) is 5.92 Å². The van der Waals surface area contributed by atoms with Crippen LogP contribution in [-0.2, 0) is 14.3 Å². The van der Waals surface area contributed by atoms with Gasteiger partial charge in [-0.3, -0.25) is 4.79 Å². The van der Waals surface area contributed by atoms with E-state index in [1.54, 1.807) is 6.92 Å². The Morgan fingerprint density at radius 1 is 1.17 bits per heavy atom. The van der Waals surface area contributed by atoms with E-state index in [9.17, 15) is 40.3 Å². The second-order valence-electron chi connectivity index (χ2n) is 6.91. The average Bonchev–Trinajstić information content (AvgIpc) is 2.57. The summed E-state index contributed by atoms with van der Waals surface area (Å²) in [7, 11) is 1.12. The van der Waals surface area contributed by atoms with E-state index >= 15 is 0 Å². The molecule has 0 spiro atoms. The van der Waals surface area contributed by atoms with Crippen LogP contribution in [-0.4, -0.2) is 67.5 Å². The van der Waals surface area contributed by atoms with Crippen molar-refractivity contribution in [2.45, 2.75) is 63.5 Å². The van der Waals surface area contributed by atoms with E-state index in [2.05, 4.69) is 14.8 Å². The minimum atomic E-state index is -5.86. The van der Waals surface area contributed by atoms with Gasteiger partial charge in [-0.05, 0) is 26.3 Å². The third-order valence-corrected chi connectivity index (χ3v) is 4.80. The number of ether oxygens (including phenoxy) is 2. The quantitative estimate of drug-likeness (QED) is 0.506. The first kappa shape index (κ1) is 25.2. The van der Waals surface area contributed by atoms with E-state index in [4.69, 9.17) is 0 Å². The van der Waals surface area contributed by atoms with Gasteiger partial charge in [0.2, 0.25) is 6.36 Å². The molecule has 1 saturated heterocycles. The van der Waals surface area contributed by atoms with Gasteiger partial charge in [0.1, 0.15) is 0 Å². The topological polar surface area (TPSA) is 67.9 Å². The molecular formula is C16H23F7N2O4. The number of hydrogen-bond donors (Lipinski definition) is 1. The summed E-state index contributed by atoms with van der Waals surface area (Å²) >= 11 is 0. The van der Waals surface area contributed by atoms with E-state index < -0.39 is 48.3 Å². The molecule has 13 heteroatoms. The molecule has 0 aliphatic carbocycles. The number of hydrogen-bond acceptors (Lipinski definition) is 5. The number of amides is 1. The first-order valence-corrected chi connectivity index (χ1v) is 8.77. The molecule has 0 saturated carbocycles. The molecule has 29 heavy (non-hydrogen) atoms. The van der Waals surface area contributed by atoms with Gasteiger partial charge in [-0.2, -0.15) is 26.3 Å². The Bertz CT molecular complexity index is 571. The molecule has 1 N–H and O–H groups in total. The Morgan fingerprint density at radius 2 is 1.72 bits per heavy atom. The average molecular weight is 440 g/mol. The smallest absolute Gasteiger partial charge is 0.434 e. The van der Waals surface area contributed by atoms with Gasteiger partial charge in [0.25, 0.3) is 6.10 Å². The van der Waals surface area contributed by atoms with Gasteiger partial charge in [0, 0.05) is 20.0 Å². The van der Waals surface area contributed by atoms with Gasteiger partial charge in [-0.25, -0.2) is 9.18 Å². The van der Waals surface area contributed by atoms with Crippen LogP contribution in [0.3, 0.4) is 0 Å². The second-order valence-corrected chi connectivity index (χ2v) is 6.91. The molecule has 3 atom stereocenters. The number of nitrogens with zero attached hydrogens (tertiary/aromatic N) is 1. The lowest BCUT2D eigenvalue weighted by molar-refractivity contribution is -0.315. The Kier molecular flexibility index (Phi) is 8.14. The van der Waals surface area contributed by atoms with Crippen LogP contribution in [0.25, 0.3) is 0 Å². The minimum Gasteiger partial charge on any atom is -0.442 e. The molecule has 1 amide bonds. The molecule has 6 nitrogen and oxygen atoms in total. The van der Waals surface area contributed by atoms with Gasteiger partial charge in [-0.1, -0.05) is 6.92 Å². The summed E-state index contributed by atoms with van der Waals surface area (Å²) in [5.41, 5.74) is -1.56. The third kappa shape index (κ3) is 6.34. The molecule has 0 aromatic rings. The summed E-state index contributed by atoms with van der Waals surface area (Å²) < 4.78 is 98.1. The highest BCUT2D eigenvalue weighted by Gasteiger charge is 2.61. The van der Waals surface area contributed by atoms with E-state index in [0.717, 1.165) is 11.9 Å². The van der Waals surface area contributed by atoms with Crippen molar-refractivity contribution in [3.05, 3.63) is 0 Å². The van der Waals surface area contributed by atoms with Crippen LogP contribution in [0.4, 0.5) is 35.5 Å². The maximum absolute atomic E-state index is 13.6. The molecular weight excluding hydrogens is 417 g/mol. The number of carbonyl (C=O) groups is 2. The lowest BCUT2D eigenvalue weighted by atomic mass is 9.79. The van der Waals surface area contributed by atoms with Crippen LogP contribution >= 0.6 is 0 Å². The van der Waals surface area contributed by atoms with Crippen LogP contribution in [0, 0.1) is 5.92 Å². The fourth-order valence-electron chi connectivity index (χ4n) is 2.92. The lowest BCUT2D eigenvalue weighted by Gasteiger charge is -2.46. The summed E-state index contributed by atoms with van der Waals surface area (Å²) in [5, 5.41) is 2.66. The SMILES string of the molecule is CCCC(F)OC(=O)N(C)C1(C)CCNCC1C(=O)OC(C(F)(F)F)C(F)(F)F. The molecule has 0 aromatic heterocycles. The largest absolute Gasteiger partial charge is 0.442 e. The first-order chi connectivity index (χ1) is 13.1. The summed E-state index contributed by atoms with van der Waals surface area (Å²) in [5.74, 6) is -3.37. The normalized spacial score (nSPS) is 24.2. The van der Waals surface area contributed by atoms with Crippen LogP contribution in [0.2, 0.25) is 0 Å². The number of alkyl halides is 7. The highest BCUT2D eigenvalue weighted by molar-refractivity contribution is 5.77. The van der Waals surface area contributed by atoms with Crippen molar-refractivity contribution in [1.29, 1.82) is 0 Å². The number of piperidine rings is 1. The zero-order valence-corrected chi connectivity index (χ0v) is 16.0. The van der Waals surface area contributed by atoms with E-state index in [1.807, 2.05) is 0 Å². The van der Waals surface area contributed by atoms with Crippen molar-refractivity contribution in [3.63, 3.8) is 0 Å². The highest BCUT2D eigenvalue weighted by atomic mass is 19.4. The minimum absolute atomic E-state index is 0.0220. The van der Waals surface area contributed by atoms with E-state index in [1.165, 1.54) is 6.92 Å². The molecule has 1 heterocycles. The van der Waals surface area contributed by atoms with Crippen molar-refractivity contribution in [1.82, 2.24) is 10.2 Å². The van der Waals surface area contributed by atoms with Crippen molar-refractivity contribution < 1.29 is 49.8 Å². The van der Waals surface area contributed by atoms with Crippen LogP contribution in [0.1, 0.15) is 33.1 Å². The number of esters is 1. The molecule has 170 valence electrons. The van der Waals surface area contributed by atoms with Gasteiger partial charge in [-0.15, -0.1) is 0 Å². The summed E-state index contributed by atoms with van der Waals surface area (Å²) in [4.78, 5) is 25.2. The maximum atomic E-state index is 13.6. The molecule has 1 rings (SSSR count). The Hall–Kier alpha value is -1.79. The Morgan fingerprint density at radius 3 is 2.21 bits per heavy atom. The zero-order valence-electron chi connectivity index (χ0n) is 16.0. The number of rotatable bonds is 6. The third-order valence-electron chi connectivity index (χ3n) is 4.80. The first-order valence-electron chi connectivity index (χ1n) is 8.77. The summed E-state index contributed by atoms with van der Waals surface area (Å²) in [6.07, 6.45) is -18.9. The van der Waals surface area contributed by atoms with Gasteiger partial charge in [0.05, 0.1) is 11.5 Å². The predicted molar refractivity (Wildman–Crippen MR) is 85.4 cm³/mol. The fourth-order valence-corrected chi connectivity index (χ4v) is 2.92. The van der Waals surface area contributed by atoms with E-state index in [0.29, 0.717) is 6.42 Å². The molecule has 0 bridgehead atoms. The molecule has 0 radical (unpaired) electrons. The van der Waals surface area contributed by atoms with Crippen molar-refractivity contribution in [2.75, 3.05) is 20.1 Å². The van der Waals surface area contributed by atoms with Crippen molar-refractivity contribution in [3.8, 4) is 0 Å².